The molecular weight excluding hydrogens is 457 g/mol. The van der Waals surface area contributed by atoms with Gasteiger partial charge in [-0.3, -0.25) is 9.59 Å². The van der Waals surface area contributed by atoms with E-state index >= 15 is 0 Å². The van der Waals surface area contributed by atoms with Crippen molar-refractivity contribution in [2.75, 3.05) is 26.2 Å². The van der Waals surface area contributed by atoms with Crippen molar-refractivity contribution in [2.45, 2.75) is 37.0 Å². The average Bonchev–Trinajstić information content (AvgIpc) is 3.68. The van der Waals surface area contributed by atoms with Gasteiger partial charge < -0.3 is 10.2 Å². The normalized spacial score (nSPS) is 16.9. The number of carbonyl (C=O) groups excluding carboxylic acids is 2. The Bertz CT molecular complexity index is 1140. The van der Waals surface area contributed by atoms with Crippen LogP contribution in [0.15, 0.2) is 53.4 Å². The van der Waals surface area contributed by atoms with E-state index in [9.17, 15) is 22.4 Å². The molecule has 0 bridgehead atoms. The topological polar surface area (TPSA) is 95.6 Å². The van der Waals surface area contributed by atoms with Crippen LogP contribution in [0.3, 0.4) is 0 Å². The highest BCUT2D eigenvalue weighted by Gasteiger charge is 2.29. The summed E-state index contributed by atoms with van der Waals surface area (Å²) in [7, 11) is -3.65. The molecule has 2 fully saturated rings. The number of rotatable bonds is 9. The molecular formula is C25H30FN3O4S. The summed E-state index contributed by atoms with van der Waals surface area (Å²) >= 11 is 0. The Hall–Kier alpha value is -2.78. The van der Waals surface area contributed by atoms with Crippen molar-refractivity contribution >= 4 is 21.8 Å². The third-order valence-corrected chi connectivity index (χ3v) is 7.88. The first-order valence-electron chi connectivity index (χ1n) is 11.7. The van der Waals surface area contributed by atoms with Crippen LogP contribution < -0.4 is 10.0 Å². The number of amides is 2. The maximum Gasteiger partial charge on any atom is 0.253 e. The third-order valence-electron chi connectivity index (χ3n) is 6.45. The van der Waals surface area contributed by atoms with Crippen molar-refractivity contribution in [3.63, 3.8) is 0 Å². The molecule has 1 aliphatic heterocycles. The van der Waals surface area contributed by atoms with Crippen molar-refractivity contribution in [3.05, 3.63) is 65.5 Å². The van der Waals surface area contributed by atoms with Crippen LogP contribution in [0.5, 0.6) is 0 Å². The van der Waals surface area contributed by atoms with Crippen LogP contribution in [-0.4, -0.2) is 51.3 Å². The number of likely N-dealkylation sites (tertiary alicyclic amines) is 1. The predicted molar refractivity (Wildman–Crippen MR) is 126 cm³/mol. The van der Waals surface area contributed by atoms with Crippen LogP contribution >= 0.6 is 0 Å². The molecule has 2 amide bonds. The van der Waals surface area contributed by atoms with Crippen LogP contribution in [0.25, 0.3) is 0 Å². The quantitative estimate of drug-likeness (QED) is 0.569. The fourth-order valence-electron chi connectivity index (χ4n) is 4.12. The van der Waals surface area contributed by atoms with E-state index in [-0.39, 0.29) is 28.4 Å². The Morgan fingerprint density at radius 2 is 1.74 bits per heavy atom. The SMILES string of the molecule is O=C(NCCc1ccccc1F)C1CCN(C(=O)c2cccc(S(=O)(=O)NCC3CC3)c2)CC1. The van der Waals surface area contributed by atoms with E-state index < -0.39 is 10.0 Å². The first-order valence-corrected chi connectivity index (χ1v) is 13.2. The Kier molecular flexibility index (Phi) is 7.63. The van der Waals surface area contributed by atoms with Gasteiger partial charge in [-0.2, -0.15) is 0 Å². The lowest BCUT2D eigenvalue weighted by Crippen LogP contribution is -2.43. The Morgan fingerprint density at radius 3 is 2.44 bits per heavy atom. The summed E-state index contributed by atoms with van der Waals surface area (Å²) in [4.78, 5) is 27.2. The van der Waals surface area contributed by atoms with Crippen molar-refractivity contribution in [1.29, 1.82) is 0 Å². The highest BCUT2D eigenvalue weighted by Crippen LogP contribution is 2.28. The zero-order chi connectivity index (χ0) is 24.1. The number of piperidine rings is 1. The van der Waals surface area contributed by atoms with Crippen LogP contribution in [0.2, 0.25) is 0 Å². The molecule has 0 aromatic heterocycles. The average molecular weight is 488 g/mol. The van der Waals surface area contributed by atoms with Gasteiger partial charge in [0.2, 0.25) is 15.9 Å². The summed E-state index contributed by atoms with van der Waals surface area (Å²) in [6.45, 7) is 1.62. The van der Waals surface area contributed by atoms with Gasteiger partial charge in [-0.15, -0.1) is 0 Å². The standard InChI is InChI=1S/C25H30FN3O4S/c26-23-7-2-1-4-19(23)10-13-27-24(30)20-11-14-29(15-12-20)25(31)21-5-3-6-22(16-21)34(32,33)28-17-18-8-9-18/h1-7,16,18,20,28H,8-15,17H2,(H,27,30). The Morgan fingerprint density at radius 1 is 1.00 bits per heavy atom. The number of nitrogens with zero attached hydrogens (tertiary/aromatic N) is 1. The molecule has 1 saturated carbocycles. The molecule has 182 valence electrons. The van der Waals surface area contributed by atoms with Gasteiger partial charge in [0.1, 0.15) is 5.82 Å². The zero-order valence-corrected chi connectivity index (χ0v) is 19.8. The maximum atomic E-state index is 13.7. The summed E-state index contributed by atoms with van der Waals surface area (Å²) in [5.41, 5.74) is 0.886. The number of hydrogen-bond donors (Lipinski definition) is 2. The second kappa shape index (κ2) is 10.7. The predicted octanol–water partition coefficient (Wildman–Crippen LogP) is 2.73. The molecule has 34 heavy (non-hydrogen) atoms. The molecule has 1 heterocycles. The minimum absolute atomic E-state index is 0.0849. The van der Waals surface area contributed by atoms with Crippen molar-refractivity contribution in [2.24, 2.45) is 11.8 Å². The lowest BCUT2D eigenvalue weighted by Gasteiger charge is -2.31. The van der Waals surface area contributed by atoms with Gasteiger partial charge in [0.05, 0.1) is 4.90 Å². The highest BCUT2D eigenvalue weighted by atomic mass is 32.2. The lowest BCUT2D eigenvalue weighted by atomic mass is 9.95. The van der Waals surface area contributed by atoms with Crippen molar-refractivity contribution < 1.29 is 22.4 Å². The van der Waals surface area contributed by atoms with Crippen molar-refractivity contribution in [1.82, 2.24) is 14.9 Å². The molecule has 1 saturated heterocycles. The Balaban J connectivity index is 1.27. The van der Waals surface area contributed by atoms with E-state index in [0.717, 1.165) is 12.8 Å². The number of carbonyl (C=O) groups is 2. The Labute approximate surface area is 199 Å². The van der Waals surface area contributed by atoms with E-state index in [4.69, 9.17) is 0 Å². The van der Waals surface area contributed by atoms with Gasteiger partial charge in [0.15, 0.2) is 0 Å². The number of benzene rings is 2. The van der Waals surface area contributed by atoms with E-state index in [1.807, 2.05) is 0 Å². The highest BCUT2D eigenvalue weighted by molar-refractivity contribution is 7.89. The summed E-state index contributed by atoms with van der Waals surface area (Å²) in [5, 5.41) is 2.87. The van der Waals surface area contributed by atoms with E-state index in [1.165, 1.54) is 18.2 Å². The number of nitrogens with one attached hydrogen (secondary N) is 2. The third kappa shape index (κ3) is 6.21. The second-order valence-electron chi connectivity index (χ2n) is 9.02. The number of hydrogen-bond acceptors (Lipinski definition) is 4. The smallest absolute Gasteiger partial charge is 0.253 e. The van der Waals surface area contributed by atoms with Crippen LogP contribution in [0, 0.1) is 17.7 Å². The first-order chi connectivity index (χ1) is 16.3. The van der Waals surface area contributed by atoms with Gasteiger partial charge in [0, 0.05) is 37.7 Å². The largest absolute Gasteiger partial charge is 0.356 e. The molecule has 0 spiro atoms. The molecule has 2 aromatic rings. The van der Waals surface area contributed by atoms with Crippen LogP contribution in [0.1, 0.15) is 41.6 Å². The molecule has 2 aromatic carbocycles. The maximum absolute atomic E-state index is 13.7. The molecule has 9 heteroatoms. The summed E-state index contributed by atoms with van der Waals surface area (Å²) in [6.07, 6.45) is 3.56. The summed E-state index contributed by atoms with van der Waals surface area (Å²) < 4.78 is 41.4. The summed E-state index contributed by atoms with van der Waals surface area (Å²) in [6, 6.07) is 12.6. The molecule has 0 unspecified atom stereocenters. The van der Waals surface area contributed by atoms with E-state index in [2.05, 4.69) is 10.0 Å². The van der Waals surface area contributed by atoms with E-state index in [1.54, 1.807) is 35.2 Å². The number of sulfonamides is 1. The molecule has 2 N–H and O–H groups in total. The van der Waals surface area contributed by atoms with Gasteiger partial charge in [0.25, 0.3) is 5.91 Å². The fourth-order valence-corrected chi connectivity index (χ4v) is 5.28. The minimum atomic E-state index is -3.65. The molecule has 7 nitrogen and oxygen atoms in total. The minimum Gasteiger partial charge on any atom is -0.356 e. The van der Waals surface area contributed by atoms with Gasteiger partial charge in [-0.1, -0.05) is 24.3 Å². The van der Waals surface area contributed by atoms with E-state index in [0.29, 0.717) is 62.5 Å². The number of halogens is 1. The van der Waals surface area contributed by atoms with Gasteiger partial charge in [-0.05, 0) is 67.9 Å². The first kappa shape index (κ1) is 24.3. The zero-order valence-electron chi connectivity index (χ0n) is 19.0. The second-order valence-corrected chi connectivity index (χ2v) is 10.8. The molecule has 0 radical (unpaired) electrons. The van der Waals surface area contributed by atoms with Crippen LogP contribution in [-0.2, 0) is 21.2 Å². The van der Waals surface area contributed by atoms with Crippen LogP contribution in [0.4, 0.5) is 4.39 Å². The molecule has 4 rings (SSSR count). The molecule has 1 aliphatic carbocycles. The molecule has 2 aliphatic rings. The lowest BCUT2D eigenvalue weighted by molar-refractivity contribution is -0.126. The van der Waals surface area contributed by atoms with Crippen molar-refractivity contribution in [3.8, 4) is 0 Å². The molecule has 0 atom stereocenters. The monoisotopic (exact) mass is 487 g/mol. The van der Waals surface area contributed by atoms with Gasteiger partial charge >= 0.3 is 0 Å². The fraction of sp³-hybridized carbons (Fsp3) is 0.440. The van der Waals surface area contributed by atoms with Gasteiger partial charge in [-0.25, -0.2) is 17.5 Å². The summed E-state index contributed by atoms with van der Waals surface area (Å²) in [5.74, 6) is -0.393.